The zero-order valence-electron chi connectivity index (χ0n) is 9.37. The third kappa shape index (κ3) is 2.41. The van der Waals surface area contributed by atoms with Gasteiger partial charge in [0.25, 0.3) is 0 Å². The minimum absolute atomic E-state index is 0.0341. The molecule has 1 aromatic rings. The Balaban J connectivity index is 2.06. The molecule has 0 aliphatic carbocycles. The number of hydrogen-bond acceptors (Lipinski definition) is 5. The van der Waals surface area contributed by atoms with Crippen LogP contribution in [0.15, 0.2) is 10.2 Å². The predicted octanol–water partition coefficient (Wildman–Crippen LogP) is -1.22. The van der Waals surface area contributed by atoms with Crippen LogP contribution in [0.4, 0.5) is 0 Å². The lowest BCUT2D eigenvalue weighted by atomic mass is 10.3. The van der Waals surface area contributed by atoms with Crippen LogP contribution >= 0.6 is 11.3 Å². The van der Waals surface area contributed by atoms with Crippen molar-refractivity contribution in [2.75, 3.05) is 13.1 Å². The lowest BCUT2D eigenvalue weighted by molar-refractivity contribution is -0.131. The largest absolute Gasteiger partial charge is 0.388 e. The molecule has 2 N–H and O–H groups in total. The zero-order chi connectivity index (χ0) is 12.6. The molecule has 7 heteroatoms. The predicted molar refractivity (Wildman–Crippen MR) is 61.9 cm³/mol. The highest BCUT2D eigenvalue weighted by atomic mass is 32.1. The van der Waals surface area contributed by atoms with Crippen molar-refractivity contribution >= 4 is 17.2 Å². The molecule has 17 heavy (non-hydrogen) atoms. The quantitative estimate of drug-likeness (QED) is 0.697. The third-order valence-corrected chi connectivity index (χ3v) is 3.76. The second-order valence-corrected chi connectivity index (χ2v) is 4.98. The van der Waals surface area contributed by atoms with Crippen LogP contribution in [0.3, 0.4) is 0 Å². The molecule has 2 unspecified atom stereocenters. The molecule has 2 rings (SSSR count). The Labute approximate surface area is 102 Å². The van der Waals surface area contributed by atoms with Gasteiger partial charge in [-0.3, -0.25) is 14.2 Å². The Bertz CT molecular complexity index is 471. The summed E-state index contributed by atoms with van der Waals surface area (Å²) in [5.74, 6) is -0.260. The molecule has 94 valence electrons. The van der Waals surface area contributed by atoms with E-state index in [0.29, 0.717) is 0 Å². The number of nitrogens with zero attached hydrogens (tertiary/aromatic N) is 2. The van der Waals surface area contributed by atoms with E-state index in [2.05, 4.69) is 0 Å². The minimum atomic E-state index is -0.890. The summed E-state index contributed by atoms with van der Waals surface area (Å²) in [5.41, 5.74) is 0.744. The van der Waals surface area contributed by atoms with E-state index < -0.39 is 12.2 Å². The molecule has 0 spiro atoms. The summed E-state index contributed by atoms with van der Waals surface area (Å²) in [6.07, 6.45) is -1.78. The number of carbonyl (C=O) groups is 1. The standard InChI is InChI=1S/C10H14N2O4S/c1-6-5-17-10(16)12(6)4-9(15)11-2-7(13)8(14)3-11/h5,7-8,13-14H,2-4H2,1H3. The van der Waals surface area contributed by atoms with Gasteiger partial charge in [0.1, 0.15) is 6.54 Å². The molecule has 1 aromatic heterocycles. The van der Waals surface area contributed by atoms with Crippen LogP contribution in [-0.2, 0) is 11.3 Å². The van der Waals surface area contributed by atoms with Gasteiger partial charge in [0.05, 0.1) is 12.2 Å². The number of carbonyl (C=O) groups excluding carboxylic acids is 1. The number of hydrogen-bond donors (Lipinski definition) is 2. The van der Waals surface area contributed by atoms with Crippen molar-refractivity contribution < 1.29 is 15.0 Å². The molecule has 1 saturated heterocycles. The molecule has 0 aromatic carbocycles. The molecule has 0 radical (unpaired) electrons. The second-order valence-electron chi connectivity index (χ2n) is 4.16. The van der Waals surface area contributed by atoms with Crippen LogP contribution in [0.1, 0.15) is 5.69 Å². The van der Waals surface area contributed by atoms with E-state index in [-0.39, 0.29) is 30.4 Å². The summed E-state index contributed by atoms with van der Waals surface area (Å²) in [5, 5.41) is 20.4. The Morgan fingerprint density at radius 3 is 2.53 bits per heavy atom. The molecule has 1 aliphatic rings. The van der Waals surface area contributed by atoms with Gasteiger partial charge in [-0.2, -0.15) is 0 Å². The van der Waals surface area contributed by atoms with Crippen molar-refractivity contribution in [1.82, 2.24) is 9.47 Å². The first-order valence-corrected chi connectivity index (χ1v) is 6.16. The Hall–Kier alpha value is -1.18. The smallest absolute Gasteiger partial charge is 0.307 e. The maximum atomic E-state index is 11.9. The molecule has 6 nitrogen and oxygen atoms in total. The van der Waals surface area contributed by atoms with Crippen LogP contribution in [0.2, 0.25) is 0 Å². The normalized spacial score (nSPS) is 24.3. The molecule has 2 atom stereocenters. The summed E-state index contributed by atoms with van der Waals surface area (Å²) in [7, 11) is 0. The van der Waals surface area contributed by atoms with Gasteiger partial charge in [-0.05, 0) is 6.92 Å². The van der Waals surface area contributed by atoms with E-state index in [4.69, 9.17) is 0 Å². The van der Waals surface area contributed by atoms with E-state index in [1.54, 1.807) is 12.3 Å². The second kappa shape index (κ2) is 4.59. The maximum Gasteiger partial charge on any atom is 0.307 e. The lowest BCUT2D eigenvalue weighted by Gasteiger charge is -2.15. The van der Waals surface area contributed by atoms with Gasteiger partial charge >= 0.3 is 4.87 Å². The topological polar surface area (TPSA) is 82.8 Å². The Morgan fingerprint density at radius 2 is 2.06 bits per heavy atom. The average molecular weight is 258 g/mol. The van der Waals surface area contributed by atoms with E-state index in [1.165, 1.54) is 9.47 Å². The first-order valence-electron chi connectivity index (χ1n) is 5.28. The zero-order valence-corrected chi connectivity index (χ0v) is 10.2. The van der Waals surface area contributed by atoms with Crippen molar-refractivity contribution in [2.24, 2.45) is 0 Å². The SMILES string of the molecule is Cc1csc(=O)n1CC(=O)N1CC(O)C(O)C1. The number of amides is 1. The first kappa shape index (κ1) is 12.3. The number of aryl methyl sites for hydroxylation is 1. The van der Waals surface area contributed by atoms with Crippen molar-refractivity contribution in [3.05, 3.63) is 20.7 Å². The summed E-state index contributed by atoms with van der Waals surface area (Å²) in [6.45, 7) is 1.97. The van der Waals surface area contributed by atoms with Crippen molar-refractivity contribution in [3.8, 4) is 0 Å². The number of aliphatic hydroxyl groups is 2. The Kier molecular flexibility index (Phi) is 3.32. The van der Waals surface area contributed by atoms with Crippen LogP contribution in [0.5, 0.6) is 0 Å². The summed E-state index contributed by atoms with van der Waals surface area (Å²) in [4.78, 5) is 24.5. The van der Waals surface area contributed by atoms with Crippen molar-refractivity contribution in [2.45, 2.75) is 25.7 Å². The van der Waals surface area contributed by atoms with Gasteiger partial charge in [-0.25, -0.2) is 0 Å². The fourth-order valence-electron chi connectivity index (χ4n) is 1.80. The van der Waals surface area contributed by atoms with E-state index in [1.807, 2.05) is 0 Å². The highest BCUT2D eigenvalue weighted by Crippen LogP contribution is 2.11. The van der Waals surface area contributed by atoms with Gasteiger partial charge in [0.15, 0.2) is 0 Å². The minimum Gasteiger partial charge on any atom is -0.388 e. The molecular weight excluding hydrogens is 244 g/mol. The summed E-state index contributed by atoms with van der Waals surface area (Å²) >= 11 is 1.05. The molecule has 2 heterocycles. The number of β-amino-alcohol motifs (C(OH)–C–C–N with tert-alkyl or cyclic N) is 2. The number of likely N-dealkylation sites (tertiary alicyclic amines) is 1. The van der Waals surface area contributed by atoms with E-state index >= 15 is 0 Å². The van der Waals surface area contributed by atoms with Crippen molar-refractivity contribution in [3.63, 3.8) is 0 Å². The van der Waals surface area contributed by atoms with Gasteiger partial charge in [0, 0.05) is 24.2 Å². The number of rotatable bonds is 2. The van der Waals surface area contributed by atoms with Gasteiger partial charge in [-0.15, -0.1) is 0 Å². The number of aliphatic hydroxyl groups excluding tert-OH is 2. The highest BCUT2D eigenvalue weighted by Gasteiger charge is 2.32. The summed E-state index contributed by atoms with van der Waals surface area (Å²) in [6, 6.07) is 0. The fourth-order valence-corrected chi connectivity index (χ4v) is 2.54. The lowest BCUT2D eigenvalue weighted by Crippen LogP contribution is -2.35. The maximum absolute atomic E-state index is 11.9. The summed E-state index contributed by atoms with van der Waals surface area (Å²) < 4.78 is 1.39. The van der Waals surface area contributed by atoms with E-state index in [9.17, 15) is 19.8 Å². The highest BCUT2D eigenvalue weighted by molar-refractivity contribution is 7.07. The van der Waals surface area contributed by atoms with Crippen molar-refractivity contribution in [1.29, 1.82) is 0 Å². The van der Waals surface area contributed by atoms with Gasteiger partial charge < -0.3 is 15.1 Å². The monoisotopic (exact) mass is 258 g/mol. The Morgan fingerprint density at radius 1 is 1.47 bits per heavy atom. The van der Waals surface area contributed by atoms with Gasteiger partial charge in [-0.1, -0.05) is 11.3 Å². The van der Waals surface area contributed by atoms with Crippen LogP contribution in [0.25, 0.3) is 0 Å². The first-order chi connectivity index (χ1) is 7.99. The van der Waals surface area contributed by atoms with Crippen LogP contribution in [-0.4, -0.2) is 50.9 Å². The number of aromatic nitrogens is 1. The average Bonchev–Trinajstić information content (AvgIpc) is 2.76. The third-order valence-electron chi connectivity index (χ3n) is 2.88. The van der Waals surface area contributed by atoms with Crippen LogP contribution in [0, 0.1) is 6.92 Å². The molecule has 0 saturated carbocycles. The van der Waals surface area contributed by atoms with Gasteiger partial charge in [0.2, 0.25) is 5.91 Å². The molecular formula is C10H14N2O4S. The number of thiazole rings is 1. The molecule has 0 bridgehead atoms. The molecule has 1 amide bonds. The fraction of sp³-hybridized carbons (Fsp3) is 0.600. The molecule has 1 fully saturated rings. The van der Waals surface area contributed by atoms with E-state index in [0.717, 1.165) is 17.0 Å². The van der Waals surface area contributed by atoms with Crippen LogP contribution < -0.4 is 4.87 Å². The molecule has 1 aliphatic heterocycles.